The van der Waals surface area contributed by atoms with Crippen molar-refractivity contribution in [3.63, 3.8) is 0 Å². The highest BCUT2D eigenvalue weighted by atomic mass is 19.4. The van der Waals surface area contributed by atoms with E-state index in [4.69, 9.17) is 0 Å². The highest BCUT2D eigenvalue weighted by Crippen LogP contribution is 2.46. The molecule has 1 N–H and O–H groups in total. The zero-order valence-corrected chi connectivity index (χ0v) is 18.4. The Morgan fingerprint density at radius 2 is 1.65 bits per heavy atom. The summed E-state index contributed by atoms with van der Waals surface area (Å²) in [7, 11) is 0. The lowest BCUT2D eigenvalue weighted by molar-refractivity contribution is -0.208. The van der Waals surface area contributed by atoms with Crippen molar-refractivity contribution in [2.45, 2.75) is 24.2 Å². The molecule has 4 rings (SSSR count). The van der Waals surface area contributed by atoms with Crippen LogP contribution in [0.1, 0.15) is 11.3 Å². The number of alkyl halides is 5. The predicted octanol–water partition coefficient (Wildman–Crippen LogP) is 4.03. The van der Waals surface area contributed by atoms with E-state index in [1.807, 2.05) is 0 Å². The maximum absolute atomic E-state index is 15.7. The first kappa shape index (κ1) is 25.9. The van der Waals surface area contributed by atoms with Crippen molar-refractivity contribution in [3.8, 4) is 17.0 Å². The summed E-state index contributed by atoms with van der Waals surface area (Å²) in [6, 6.07) is 6.86. The van der Waals surface area contributed by atoms with Gasteiger partial charge in [0.1, 0.15) is 29.4 Å². The molecular weight excluding hydrogens is 513 g/mol. The third-order valence-corrected chi connectivity index (χ3v) is 5.20. The number of halogens is 7. The van der Waals surface area contributed by atoms with Gasteiger partial charge in [0.25, 0.3) is 0 Å². The summed E-state index contributed by atoms with van der Waals surface area (Å²) in [5.74, 6) is -6.86. The molecule has 2 aromatic heterocycles. The Bertz CT molecular complexity index is 1350. The molecule has 8 nitrogen and oxygen atoms in total. The van der Waals surface area contributed by atoms with Crippen LogP contribution in [0.4, 0.5) is 30.7 Å². The summed E-state index contributed by atoms with van der Waals surface area (Å²) in [6.45, 7) is -2.52. The van der Waals surface area contributed by atoms with Crippen LogP contribution < -0.4 is 4.74 Å². The van der Waals surface area contributed by atoms with E-state index in [-0.39, 0.29) is 11.4 Å². The van der Waals surface area contributed by atoms with Crippen LogP contribution in [-0.2, 0) is 18.1 Å². The first-order valence-electron chi connectivity index (χ1n) is 10.3. The van der Waals surface area contributed by atoms with Gasteiger partial charge >= 0.3 is 12.1 Å². The van der Waals surface area contributed by atoms with Crippen molar-refractivity contribution < 1.29 is 40.6 Å². The van der Waals surface area contributed by atoms with E-state index in [1.54, 1.807) is 0 Å². The Labute approximate surface area is 203 Å². The molecule has 4 aromatic rings. The van der Waals surface area contributed by atoms with Gasteiger partial charge in [0, 0.05) is 17.2 Å². The number of hydrogen-bond acceptors (Lipinski definition) is 7. The van der Waals surface area contributed by atoms with Gasteiger partial charge in [-0.05, 0) is 46.8 Å². The lowest BCUT2D eigenvalue weighted by Gasteiger charge is -2.35. The smallest absolute Gasteiger partial charge is 0.422 e. The maximum atomic E-state index is 15.7. The Kier molecular flexibility index (Phi) is 6.82. The van der Waals surface area contributed by atoms with Crippen molar-refractivity contribution in [1.29, 1.82) is 0 Å². The second kappa shape index (κ2) is 9.72. The van der Waals surface area contributed by atoms with Crippen molar-refractivity contribution >= 4 is 0 Å². The van der Waals surface area contributed by atoms with E-state index in [1.165, 1.54) is 24.3 Å². The second-order valence-electron chi connectivity index (χ2n) is 7.78. The highest BCUT2D eigenvalue weighted by molar-refractivity contribution is 5.59. The van der Waals surface area contributed by atoms with Gasteiger partial charge in [-0.1, -0.05) is 0 Å². The SMILES string of the molecule is OC(Cn1cnnn1)(c1ccc(F)cc1F)C(F)(F)c1cnc(-c2ccc(OCC(F)(F)F)cc2)cn1. The average Bonchev–Trinajstić information content (AvgIpc) is 3.35. The van der Waals surface area contributed by atoms with Gasteiger partial charge in [-0.15, -0.1) is 5.10 Å². The minimum Gasteiger partial charge on any atom is -0.484 e. The third kappa shape index (κ3) is 5.50. The highest BCUT2D eigenvalue weighted by Gasteiger charge is 2.58. The molecule has 0 spiro atoms. The lowest BCUT2D eigenvalue weighted by atomic mass is 9.85. The van der Waals surface area contributed by atoms with Crippen LogP contribution >= 0.6 is 0 Å². The average molecular weight is 528 g/mol. The topological polar surface area (TPSA) is 98.8 Å². The van der Waals surface area contributed by atoms with E-state index >= 15 is 8.78 Å². The van der Waals surface area contributed by atoms with Crippen molar-refractivity contribution in [1.82, 2.24) is 30.2 Å². The molecule has 0 amide bonds. The summed E-state index contributed by atoms with van der Waals surface area (Å²) in [5, 5.41) is 21.2. The molecule has 0 saturated carbocycles. The standard InChI is InChI=1S/C22H15F7N6O2/c23-14-3-6-16(17(24)7-14)20(36,10-35-12-32-33-34-35)22(28,29)19-9-30-18(8-31-19)13-1-4-15(5-2-13)37-11-21(25,26)27/h1-9,12,36H,10-11H2. The summed E-state index contributed by atoms with van der Waals surface area (Å²) in [6.07, 6.45) is -2.02. The Hall–Kier alpha value is -4.14. The molecule has 1 atom stereocenters. The molecule has 0 aliphatic carbocycles. The van der Waals surface area contributed by atoms with Crippen LogP contribution in [0.3, 0.4) is 0 Å². The fraction of sp³-hybridized carbons (Fsp3) is 0.227. The second-order valence-corrected chi connectivity index (χ2v) is 7.78. The number of nitrogens with zero attached hydrogens (tertiary/aromatic N) is 6. The van der Waals surface area contributed by atoms with E-state index in [9.17, 15) is 27.1 Å². The number of aliphatic hydroxyl groups is 1. The first-order chi connectivity index (χ1) is 17.4. The monoisotopic (exact) mass is 528 g/mol. The normalized spacial score (nSPS) is 13.8. The molecule has 15 heteroatoms. The molecule has 2 aromatic carbocycles. The van der Waals surface area contributed by atoms with Crippen LogP contribution in [0, 0.1) is 11.6 Å². The maximum Gasteiger partial charge on any atom is 0.422 e. The zero-order chi connectivity index (χ0) is 26.8. The van der Waals surface area contributed by atoms with E-state index in [0.29, 0.717) is 30.0 Å². The predicted molar refractivity (Wildman–Crippen MR) is 111 cm³/mol. The number of hydrogen-bond donors (Lipinski definition) is 1. The largest absolute Gasteiger partial charge is 0.484 e. The molecule has 37 heavy (non-hydrogen) atoms. The molecular formula is C22H15F7N6O2. The van der Waals surface area contributed by atoms with Crippen LogP contribution in [0.25, 0.3) is 11.3 Å². The van der Waals surface area contributed by atoms with Crippen LogP contribution in [0.15, 0.2) is 61.2 Å². The van der Waals surface area contributed by atoms with E-state index < -0.39 is 53.7 Å². The molecule has 0 bridgehead atoms. The molecule has 1 unspecified atom stereocenters. The fourth-order valence-electron chi connectivity index (χ4n) is 3.40. The van der Waals surface area contributed by atoms with Crippen LogP contribution in [0.2, 0.25) is 0 Å². The molecule has 0 radical (unpaired) electrons. The molecule has 0 fully saturated rings. The van der Waals surface area contributed by atoms with E-state index in [0.717, 1.165) is 17.2 Å². The van der Waals surface area contributed by atoms with Crippen molar-refractivity contribution in [2.75, 3.05) is 6.61 Å². The minimum atomic E-state index is -4.52. The van der Waals surface area contributed by atoms with Gasteiger partial charge < -0.3 is 9.84 Å². The van der Waals surface area contributed by atoms with Gasteiger partial charge in [0.05, 0.1) is 24.6 Å². The van der Waals surface area contributed by atoms with Crippen LogP contribution in [-0.4, -0.2) is 48.1 Å². The summed E-state index contributed by atoms with van der Waals surface area (Å²) in [4.78, 5) is 7.57. The minimum absolute atomic E-state index is 0.0684. The lowest BCUT2D eigenvalue weighted by Crippen LogP contribution is -2.48. The van der Waals surface area contributed by atoms with Gasteiger partial charge in [-0.3, -0.25) is 9.97 Å². The van der Waals surface area contributed by atoms with Gasteiger partial charge in [0.2, 0.25) is 0 Å². The van der Waals surface area contributed by atoms with E-state index in [2.05, 4.69) is 30.2 Å². The molecule has 0 aliphatic rings. The van der Waals surface area contributed by atoms with Gasteiger partial charge in [-0.2, -0.15) is 22.0 Å². The third-order valence-electron chi connectivity index (χ3n) is 5.20. The Balaban J connectivity index is 1.64. The molecule has 2 heterocycles. The summed E-state index contributed by atoms with van der Waals surface area (Å²) in [5.41, 5.74) is -4.93. The number of ether oxygens (including phenoxy) is 1. The Morgan fingerprint density at radius 1 is 0.919 bits per heavy atom. The summed E-state index contributed by atoms with van der Waals surface area (Å²) >= 11 is 0. The van der Waals surface area contributed by atoms with Crippen molar-refractivity contribution in [2.24, 2.45) is 0 Å². The molecule has 0 saturated heterocycles. The molecule has 0 aliphatic heterocycles. The number of rotatable bonds is 8. The quantitative estimate of drug-likeness (QED) is 0.345. The molecule has 194 valence electrons. The number of benzene rings is 2. The van der Waals surface area contributed by atoms with Crippen molar-refractivity contribution in [3.05, 3.63) is 84.1 Å². The fourth-order valence-corrected chi connectivity index (χ4v) is 3.40. The zero-order valence-electron chi connectivity index (χ0n) is 18.4. The number of aromatic nitrogens is 6. The van der Waals surface area contributed by atoms with Gasteiger partial charge in [-0.25, -0.2) is 13.5 Å². The number of tetrazole rings is 1. The van der Waals surface area contributed by atoms with Gasteiger partial charge in [0.15, 0.2) is 12.2 Å². The van der Waals surface area contributed by atoms with Crippen LogP contribution in [0.5, 0.6) is 5.75 Å². The Morgan fingerprint density at radius 3 is 2.22 bits per heavy atom. The first-order valence-corrected chi connectivity index (χ1v) is 10.3. The summed E-state index contributed by atoms with van der Waals surface area (Å²) < 4.78 is 102.